The van der Waals surface area contributed by atoms with Crippen molar-refractivity contribution in [3.63, 3.8) is 0 Å². The first-order chi connectivity index (χ1) is 15.6. The first-order valence-electron chi connectivity index (χ1n) is 11.0. The van der Waals surface area contributed by atoms with E-state index in [1.807, 2.05) is 19.1 Å². The molecule has 3 N–H and O–H groups in total. The van der Waals surface area contributed by atoms with Crippen molar-refractivity contribution in [3.05, 3.63) is 75.8 Å². The zero-order valence-electron chi connectivity index (χ0n) is 18.0. The molecule has 3 aromatic heterocycles. The summed E-state index contributed by atoms with van der Waals surface area (Å²) in [6, 6.07) is 3.35. The van der Waals surface area contributed by atoms with Gasteiger partial charge < -0.3 is 15.6 Å². The minimum absolute atomic E-state index is 0.155. The standard InChI is InChI=1S/C24H26N6O2/c1-15-20-7-8-21(23(31)27-14-18-11-17-13-25-10-9-19(17)29-18)30(20)24(32)22(28-15)26-12-16-5-3-2-4-6-16/h3,5-6,9-11,13,21,29H,2,4,7-8,12,14H2,1H3,(H,26,28)(H,27,31). The highest BCUT2D eigenvalue weighted by atomic mass is 16.2. The molecule has 0 saturated heterocycles. The predicted molar refractivity (Wildman–Crippen MR) is 123 cm³/mol. The summed E-state index contributed by atoms with van der Waals surface area (Å²) in [5, 5.41) is 7.16. The summed E-state index contributed by atoms with van der Waals surface area (Å²) in [6.45, 7) is 2.81. The molecule has 8 nitrogen and oxygen atoms in total. The molecule has 1 amide bonds. The molecular formula is C24H26N6O2. The van der Waals surface area contributed by atoms with Gasteiger partial charge in [0.25, 0.3) is 5.56 Å². The summed E-state index contributed by atoms with van der Waals surface area (Å²) in [5.74, 6) is 0.144. The molecule has 3 aromatic rings. The number of amides is 1. The van der Waals surface area contributed by atoms with Crippen LogP contribution in [0.2, 0.25) is 0 Å². The minimum Gasteiger partial charge on any atom is -0.361 e. The summed E-state index contributed by atoms with van der Waals surface area (Å²) < 4.78 is 1.63. The maximum atomic E-state index is 13.2. The van der Waals surface area contributed by atoms with Crippen molar-refractivity contribution in [3.8, 4) is 0 Å². The normalized spacial score (nSPS) is 17.3. The molecule has 1 atom stereocenters. The Morgan fingerprint density at radius 2 is 2.22 bits per heavy atom. The average molecular weight is 431 g/mol. The van der Waals surface area contributed by atoms with Gasteiger partial charge in [0.05, 0.1) is 12.2 Å². The summed E-state index contributed by atoms with van der Waals surface area (Å²) in [6.07, 6.45) is 13.2. The smallest absolute Gasteiger partial charge is 0.294 e. The van der Waals surface area contributed by atoms with E-state index >= 15 is 0 Å². The fourth-order valence-electron chi connectivity index (χ4n) is 4.50. The van der Waals surface area contributed by atoms with Crippen molar-refractivity contribution in [1.29, 1.82) is 0 Å². The second-order valence-corrected chi connectivity index (χ2v) is 8.31. The zero-order chi connectivity index (χ0) is 22.1. The molecule has 0 spiro atoms. The summed E-state index contributed by atoms with van der Waals surface area (Å²) in [5.41, 5.74) is 4.41. The molecule has 0 radical (unpaired) electrons. The van der Waals surface area contributed by atoms with Gasteiger partial charge in [0.2, 0.25) is 5.91 Å². The van der Waals surface area contributed by atoms with Gasteiger partial charge in [0.1, 0.15) is 6.04 Å². The number of nitrogens with one attached hydrogen (secondary N) is 3. The van der Waals surface area contributed by atoms with Crippen LogP contribution in [0.3, 0.4) is 0 Å². The van der Waals surface area contributed by atoms with Crippen LogP contribution in [0.25, 0.3) is 10.9 Å². The number of allylic oxidation sites excluding steroid dienone is 2. The Morgan fingerprint density at radius 3 is 3.03 bits per heavy atom. The van der Waals surface area contributed by atoms with Crippen LogP contribution < -0.4 is 16.2 Å². The molecule has 8 heteroatoms. The van der Waals surface area contributed by atoms with E-state index in [1.165, 1.54) is 0 Å². The summed E-state index contributed by atoms with van der Waals surface area (Å²) >= 11 is 0. The molecule has 1 unspecified atom stereocenters. The number of hydrogen-bond donors (Lipinski definition) is 3. The number of aryl methyl sites for hydroxylation is 1. The number of fused-ring (bicyclic) bond motifs is 2. The Morgan fingerprint density at radius 1 is 1.31 bits per heavy atom. The van der Waals surface area contributed by atoms with E-state index in [9.17, 15) is 9.59 Å². The van der Waals surface area contributed by atoms with Crippen molar-refractivity contribution in [2.45, 2.75) is 45.2 Å². The lowest BCUT2D eigenvalue weighted by molar-refractivity contribution is -0.124. The van der Waals surface area contributed by atoms with Crippen LogP contribution in [0.15, 0.2) is 53.1 Å². The molecule has 0 fully saturated rings. The number of carbonyl (C=O) groups is 1. The fraction of sp³-hybridized carbons (Fsp3) is 0.333. The highest BCUT2D eigenvalue weighted by molar-refractivity contribution is 5.82. The van der Waals surface area contributed by atoms with E-state index in [0.717, 1.165) is 46.4 Å². The number of aromatic amines is 1. The Bertz CT molecular complexity index is 1270. The molecule has 1 aliphatic heterocycles. The highest BCUT2D eigenvalue weighted by Crippen LogP contribution is 2.26. The first-order valence-corrected chi connectivity index (χ1v) is 11.0. The first kappa shape index (κ1) is 20.2. The number of pyridine rings is 1. The maximum absolute atomic E-state index is 13.2. The number of H-pyrrole nitrogens is 1. The SMILES string of the molecule is Cc1nc(NCC2=CCCC=C2)c(=O)n2c1CCC2C(=O)NCc1cc2cnccc2[nH]1. The van der Waals surface area contributed by atoms with E-state index in [-0.39, 0.29) is 11.5 Å². The summed E-state index contributed by atoms with van der Waals surface area (Å²) in [4.78, 5) is 38.1. The molecule has 0 bridgehead atoms. The third kappa shape index (κ3) is 3.84. The third-order valence-corrected chi connectivity index (χ3v) is 6.14. The van der Waals surface area contributed by atoms with Crippen LogP contribution in [0.5, 0.6) is 0 Å². The minimum atomic E-state index is -0.528. The van der Waals surface area contributed by atoms with Gasteiger partial charge in [-0.05, 0) is 50.3 Å². The van der Waals surface area contributed by atoms with Gasteiger partial charge in [0, 0.05) is 41.2 Å². The van der Waals surface area contributed by atoms with E-state index in [0.29, 0.717) is 31.7 Å². The average Bonchev–Trinajstić information content (AvgIpc) is 3.44. The third-order valence-electron chi connectivity index (χ3n) is 6.14. The van der Waals surface area contributed by atoms with E-state index in [2.05, 4.69) is 43.8 Å². The number of aromatic nitrogens is 4. The molecule has 32 heavy (non-hydrogen) atoms. The molecule has 0 aromatic carbocycles. The molecule has 0 saturated carbocycles. The number of rotatable bonds is 6. The van der Waals surface area contributed by atoms with Crippen molar-refractivity contribution >= 4 is 22.6 Å². The largest absolute Gasteiger partial charge is 0.361 e. The lowest BCUT2D eigenvalue weighted by atomic mass is 10.1. The number of carbonyl (C=O) groups excluding carboxylic acids is 1. The topological polar surface area (TPSA) is 105 Å². The van der Waals surface area contributed by atoms with Crippen LogP contribution in [0.4, 0.5) is 5.82 Å². The maximum Gasteiger partial charge on any atom is 0.294 e. The van der Waals surface area contributed by atoms with Crippen LogP contribution in [0, 0.1) is 6.92 Å². The molecule has 4 heterocycles. The van der Waals surface area contributed by atoms with Crippen molar-refractivity contribution in [2.75, 3.05) is 11.9 Å². The van der Waals surface area contributed by atoms with Gasteiger partial charge in [-0.1, -0.05) is 18.2 Å². The van der Waals surface area contributed by atoms with Gasteiger partial charge in [-0.25, -0.2) is 4.98 Å². The Hall–Kier alpha value is -3.68. The number of anilines is 1. The Balaban J connectivity index is 1.32. The molecule has 164 valence electrons. The molecule has 1 aliphatic carbocycles. The number of nitrogens with zero attached hydrogens (tertiary/aromatic N) is 3. The molecular weight excluding hydrogens is 404 g/mol. The Kier molecular flexibility index (Phi) is 5.34. The lowest BCUT2D eigenvalue weighted by Gasteiger charge is -2.17. The predicted octanol–water partition coefficient (Wildman–Crippen LogP) is 2.92. The van der Waals surface area contributed by atoms with Crippen molar-refractivity contribution < 1.29 is 4.79 Å². The fourth-order valence-corrected chi connectivity index (χ4v) is 4.50. The second kappa shape index (κ2) is 8.45. The second-order valence-electron chi connectivity index (χ2n) is 8.31. The monoisotopic (exact) mass is 430 g/mol. The highest BCUT2D eigenvalue weighted by Gasteiger charge is 2.32. The van der Waals surface area contributed by atoms with Crippen LogP contribution in [0.1, 0.15) is 42.4 Å². The van der Waals surface area contributed by atoms with Gasteiger partial charge >= 0.3 is 0 Å². The molecule has 2 aliphatic rings. The van der Waals surface area contributed by atoms with E-state index < -0.39 is 6.04 Å². The van der Waals surface area contributed by atoms with Crippen molar-refractivity contribution in [2.24, 2.45) is 0 Å². The van der Waals surface area contributed by atoms with Crippen molar-refractivity contribution in [1.82, 2.24) is 24.8 Å². The van der Waals surface area contributed by atoms with E-state index in [4.69, 9.17) is 0 Å². The van der Waals surface area contributed by atoms with Crippen LogP contribution >= 0.6 is 0 Å². The van der Waals surface area contributed by atoms with Crippen LogP contribution in [-0.4, -0.2) is 32.0 Å². The quantitative estimate of drug-likeness (QED) is 0.558. The van der Waals surface area contributed by atoms with Gasteiger partial charge in [-0.15, -0.1) is 0 Å². The van der Waals surface area contributed by atoms with Crippen LogP contribution in [-0.2, 0) is 17.8 Å². The van der Waals surface area contributed by atoms with E-state index in [1.54, 1.807) is 17.0 Å². The lowest BCUT2D eigenvalue weighted by Crippen LogP contribution is -2.37. The molecule has 5 rings (SSSR count). The van der Waals surface area contributed by atoms with Gasteiger partial charge in [-0.3, -0.25) is 19.1 Å². The number of hydrogen-bond acceptors (Lipinski definition) is 5. The van der Waals surface area contributed by atoms with Gasteiger partial charge in [0.15, 0.2) is 5.82 Å². The zero-order valence-corrected chi connectivity index (χ0v) is 18.0. The van der Waals surface area contributed by atoms with Gasteiger partial charge in [-0.2, -0.15) is 0 Å². The Labute approximate surface area is 185 Å². The summed E-state index contributed by atoms with van der Waals surface area (Å²) in [7, 11) is 0.